The average Bonchev–Trinajstić information content (AvgIpc) is 3.63. The van der Waals surface area contributed by atoms with E-state index in [1.807, 2.05) is 24.3 Å². The Morgan fingerprint density at radius 3 is 2.21 bits per heavy atom. The Morgan fingerprint density at radius 1 is 1.03 bits per heavy atom. The van der Waals surface area contributed by atoms with E-state index in [0.717, 1.165) is 35.1 Å². The van der Waals surface area contributed by atoms with E-state index in [-0.39, 0.29) is 43.7 Å². The molecule has 0 aromatic heterocycles. The molecule has 0 spiro atoms. The summed E-state index contributed by atoms with van der Waals surface area (Å²) in [5.41, 5.74) is 4.60. The Hall–Kier alpha value is -3.39. The highest BCUT2D eigenvalue weighted by atomic mass is 16.5. The van der Waals surface area contributed by atoms with Gasteiger partial charge in [0.05, 0.1) is 6.42 Å². The van der Waals surface area contributed by atoms with Crippen LogP contribution in [0.1, 0.15) is 42.7 Å². The highest BCUT2D eigenvalue weighted by Gasteiger charge is 2.35. The molecular formula is C26H30N2O6. The number of rotatable bonds is 11. The van der Waals surface area contributed by atoms with Crippen LogP contribution in [0.15, 0.2) is 48.5 Å². The van der Waals surface area contributed by atoms with Gasteiger partial charge in [-0.25, -0.2) is 4.79 Å². The van der Waals surface area contributed by atoms with E-state index in [2.05, 4.69) is 34.9 Å². The molecule has 2 unspecified atom stereocenters. The van der Waals surface area contributed by atoms with Gasteiger partial charge in [-0.1, -0.05) is 48.5 Å². The van der Waals surface area contributed by atoms with Crippen molar-refractivity contribution in [3.63, 3.8) is 0 Å². The van der Waals surface area contributed by atoms with E-state index in [1.54, 1.807) is 0 Å². The van der Waals surface area contributed by atoms with Crippen molar-refractivity contribution < 1.29 is 29.0 Å². The van der Waals surface area contributed by atoms with Gasteiger partial charge in [-0.3, -0.25) is 9.59 Å². The molecule has 8 heteroatoms. The monoisotopic (exact) mass is 466 g/mol. The van der Waals surface area contributed by atoms with Gasteiger partial charge >= 0.3 is 12.1 Å². The quantitative estimate of drug-likeness (QED) is 0.468. The van der Waals surface area contributed by atoms with Gasteiger partial charge in [0.15, 0.2) is 0 Å². The Labute approximate surface area is 198 Å². The Balaban J connectivity index is 1.25. The first kappa shape index (κ1) is 23.8. The zero-order valence-electron chi connectivity index (χ0n) is 19.2. The molecule has 0 aliphatic heterocycles. The number of aliphatic carboxylic acids is 1. The summed E-state index contributed by atoms with van der Waals surface area (Å²) in [6.07, 6.45) is 0.628. The van der Waals surface area contributed by atoms with Crippen molar-refractivity contribution >= 4 is 18.0 Å². The number of carbonyl (C=O) groups is 3. The molecule has 8 nitrogen and oxygen atoms in total. The van der Waals surface area contributed by atoms with Crippen LogP contribution in [-0.4, -0.2) is 55.5 Å². The summed E-state index contributed by atoms with van der Waals surface area (Å²) in [6.45, 7) is 0.405. The standard InChI is InChI=1S/C26H30N2O6/c1-33-23(25(31)28-22(14-24(29)30)16-10-11-16)12-13-27-26(32)34-15-21-19-8-4-2-6-17(19)18-7-3-5-9-20(18)21/h2-9,16,21-23H,10-15H2,1H3,(H,27,32)(H,28,31)(H,29,30). The number of benzene rings is 2. The summed E-state index contributed by atoms with van der Waals surface area (Å²) in [6, 6.07) is 15.9. The molecule has 0 saturated heterocycles. The van der Waals surface area contributed by atoms with Crippen LogP contribution in [0.25, 0.3) is 11.1 Å². The summed E-state index contributed by atoms with van der Waals surface area (Å²) >= 11 is 0. The molecule has 34 heavy (non-hydrogen) atoms. The molecule has 2 aliphatic rings. The minimum Gasteiger partial charge on any atom is -0.481 e. The van der Waals surface area contributed by atoms with Crippen LogP contribution in [0.3, 0.4) is 0 Å². The third kappa shape index (κ3) is 5.56. The van der Waals surface area contributed by atoms with E-state index in [9.17, 15) is 14.4 Å². The van der Waals surface area contributed by atoms with E-state index < -0.39 is 24.2 Å². The number of ether oxygens (including phenoxy) is 2. The van der Waals surface area contributed by atoms with Crippen LogP contribution in [-0.2, 0) is 19.1 Å². The molecule has 180 valence electrons. The maximum atomic E-state index is 12.5. The molecule has 1 saturated carbocycles. The number of methoxy groups -OCH3 is 1. The predicted octanol–water partition coefficient (Wildman–Crippen LogP) is 3.30. The minimum absolute atomic E-state index is 0.0238. The number of carboxylic acids is 1. The molecule has 0 bridgehead atoms. The normalized spacial score (nSPS) is 16.1. The number of carbonyl (C=O) groups excluding carboxylic acids is 2. The van der Waals surface area contributed by atoms with E-state index in [4.69, 9.17) is 14.6 Å². The third-order valence-corrected chi connectivity index (χ3v) is 6.51. The lowest BCUT2D eigenvalue weighted by Gasteiger charge is -2.21. The maximum Gasteiger partial charge on any atom is 0.407 e. The van der Waals surface area contributed by atoms with Gasteiger partial charge < -0.3 is 25.2 Å². The smallest absolute Gasteiger partial charge is 0.407 e. The first-order valence-corrected chi connectivity index (χ1v) is 11.6. The Morgan fingerprint density at radius 2 is 1.65 bits per heavy atom. The summed E-state index contributed by atoms with van der Waals surface area (Å²) in [4.78, 5) is 35.9. The van der Waals surface area contributed by atoms with Gasteiger partial charge in [-0.05, 0) is 41.0 Å². The van der Waals surface area contributed by atoms with Crippen LogP contribution in [0.4, 0.5) is 4.79 Å². The van der Waals surface area contributed by atoms with Gasteiger partial charge in [0, 0.05) is 32.0 Å². The SMILES string of the molecule is COC(CCNC(=O)OCC1c2ccccc2-c2ccccc21)C(=O)NC(CC(=O)O)C1CC1. The highest BCUT2D eigenvalue weighted by Crippen LogP contribution is 2.44. The Kier molecular flexibility index (Phi) is 7.47. The van der Waals surface area contributed by atoms with Gasteiger partial charge in [0.25, 0.3) is 0 Å². The molecular weight excluding hydrogens is 436 g/mol. The van der Waals surface area contributed by atoms with Crippen LogP contribution in [0.2, 0.25) is 0 Å². The van der Waals surface area contributed by atoms with Crippen molar-refractivity contribution in [3.05, 3.63) is 59.7 Å². The molecule has 2 aromatic carbocycles. The van der Waals surface area contributed by atoms with Crippen molar-refractivity contribution in [2.24, 2.45) is 5.92 Å². The largest absolute Gasteiger partial charge is 0.481 e. The summed E-state index contributed by atoms with van der Waals surface area (Å²) in [5, 5.41) is 14.5. The lowest BCUT2D eigenvalue weighted by Crippen LogP contribution is -2.45. The van der Waals surface area contributed by atoms with E-state index >= 15 is 0 Å². The number of nitrogens with one attached hydrogen (secondary N) is 2. The second-order valence-corrected chi connectivity index (χ2v) is 8.82. The second kappa shape index (κ2) is 10.7. The summed E-state index contributed by atoms with van der Waals surface area (Å²) < 4.78 is 10.8. The van der Waals surface area contributed by atoms with Crippen LogP contribution in [0, 0.1) is 5.92 Å². The summed E-state index contributed by atoms with van der Waals surface area (Å²) in [7, 11) is 1.42. The molecule has 2 aromatic rings. The van der Waals surface area contributed by atoms with Gasteiger partial charge in [0.2, 0.25) is 5.91 Å². The number of hydrogen-bond donors (Lipinski definition) is 3. The zero-order valence-corrected chi connectivity index (χ0v) is 19.2. The fourth-order valence-corrected chi connectivity index (χ4v) is 4.61. The summed E-state index contributed by atoms with van der Waals surface area (Å²) in [5.74, 6) is -1.13. The predicted molar refractivity (Wildman–Crippen MR) is 125 cm³/mol. The molecule has 3 N–H and O–H groups in total. The van der Waals surface area contributed by atoms with Gasteiger partial charge in [-0.2, -0.15) is 0 Å². The topological polar surface area (TPSA) is 114 Å². The van der Waals surface area contributed by atoms with Crippen molar-refractivity contribution in [2.75, 3.05) is 20.3 Å². The molecule has 2 aliphatic carbocycles. The first-order valence-electron chi connectivity index (χ1n) is 11.6. The van der Waals surface area contributed by atoms with Gasteiger partial charge in [-0.15, -0.1) is 0 Å². The fraction of sp³-hybridized carbons (Fsp3) is 0.423. The lowest BCUT2D eigenvalue weighted by atomic mass is 9.98. The third-order valence-electron chi connectivity index (χ3n) is 6.51. The first-order chi connectivity index (χ1) is 16.5. The van der Waals surface area contributed by atoms with Gasteiger partial charge in [0.1, 0.15) is 12.7 Å². The number of alkyl carbamates (subject to hydrolysis) is 1. The van der Waals surface area contributed by atoms with Crippen LogP contribution < -0.4 is 10.6 Å². The Bertz CT molecular complexity index is 1010. The van der Waals surface area contributed by atoms with E-state index in [1.165, 1.54) is 7.11 Å². The number of hydrogen-bond acceptors (Lipinski definition) is 5. The molecule has 2 atom stereocenters. The number of carboxylic acid groups (broad SMARTS) is 1. The fourth-order valence-electron chi connectivity index (χ4n) is 4.61. The zero-order chi connectivity index (χ0) is 24.1. The van der Waals surface area contributed by atoms with Crippen molar-refractivity contribution in [2.45, 2.75) is 43.7 Å². The maximum absolute atomic E-state index is 12.5. The van der Waals surface area contributed by atoms with Crippen molar-refractivity contribution in [1.82, 2.24) is 10.6 Å². The number of amides is 2. The molecule has 0 heterocycles. The number of fused-ring (bicyclic) bond motifs is 3. The van der Waals surface area contributed by atoms with Crippen LogP contribution >= 0.6 is 0 Å². The molecule has 1 fully saturated rings. The lowest BCUT2D eigenvalue weighted by molar-refractivity contribution is -0.138. The van der Waals surface area contributed by atoms with Crippen molar-refractivity contribution in [3.8, 4) is 11.1 Å². The van der Waals surface area contributed by atoms with E-state index in [0.29, 0.717) is 0 Å². The molecule has 4 rings (SSSR count). The van der Waals surface area contributed by atoms with Crippen LogP contribution in [0.5, 0.6) is 0 Å². The minimum atomic E-state index is -0.942. The second-order valence-electron chi connectivity index (χ2n) is 8.82. The highest BCUT2D eigenvalue weighted by molar-refractivity contribution is 5.82. The van der Waals surface area contributed by atoms with Crippen molar-refractivity contribution in [1.29, 1.82) is 0 Å². The molecule has 2 amide bonds. The average molecular weight is 467 g/mol. The molecule has 0 radical (unpaired) electrons.